The molecule has 0 bridgehead atoms. The lowest BCUT2D eigenvalue weighted by Gasteiger charge is -2.62. The van der Waals surface area contributed by atoms with Crippen molar-refractivity contribution < 1.29 is 19.1 Å². The van der Waals surface area contributed by atoms with Crippen LogP contribution in [0.15, 0.2) is 0 Å². The molecule has 0 aromatic rings. The standard InChI is InChI=1S/C33H55N3O4/c1-22(37)39-30-19-24-9-10-25-26(33(24,4)21-29(30)36-17-15-34(5)16-18-36)11-12-32(3)27(25)20-28(31(32)40-23(2)38)35-13-7-6-8-14-35/h24-31H,6-21H2,1-5H3/t24-,25+,26-,27-,28-,29+,30-,31-,32-,33-/m0/s1. The van der Waals surface area contributed by atoms with Gasteiger partial charge in [-0.05, 0) is 107 Å². The van der Waals surface area contributed by atoms with Crippen LogP contribution in [0, 0.1) is 34.5 Å². The maximum atomic E-state index is 12.4. The lowest BCUT2D eigenvalue weighted by molar-refractivity contribution is -0.180. The molecule has 7 heteroatoms. The number of piperazine rings is 1. The second kappa shape index (κ2) is 11.1. The van der Waals surface area contributed by atoms with Crippen LogP contribution in [0.3, 0.4) is 0 Å². The quantitative estimate of drug-likeness (QED) is 0.469. The van der Waals surface area contributed by atoms with Crippen LogP contribution in [0.4, 0.5) is 0 Å². The Kier molecular flexibility index (Phi) is 8.06. The zero-order valence-corrected chi connectivity index (χ0v) is 25.9. The zero-order valence-electron chi connectivity index (χ0n) is 25.9. The molecular formula is C33H55N3O4. The van der Waals surface area contributed by atoms with Crippen molar-refractivity contribution in [3.05, 3.63) is 0 Å². The van der Waals surface area contributed by atoms with Gasteiger partial charge < -0.3 is 14.4 Å². The number of carbonyl (C=O) groups is 2. The maximum absolute atomic E-state index is 12.4. The lowest BCUT2D eigenvalue weighted by Crippen LogP contribution is -2.62. The highest BCUT2D eigenvalue weighted by atomic mass is 16.5. The number of nitrogens with zero attached hydrogens (tertiary/aromatic N) is 3. The summed E-state index contributed by atoms with van der Waals surface area (Å²) in [6.07, 6.45) is 12.2. The number of fused-ring (bicyclic) bond motifs is 5. The minimum atomic E-state index is -0.124. The van der Waals surface area contributed by atoms with E-state index >= 15 is 0 Å². The van der Waals surface area contributed by atoms with Gasteiger partial charge in [-0.3, -0.25) is 19.4 Å². The fraction of sp³-hybridized carbons (Fsp3) is 0.939. The molecule has 10 atom stereocenters. The van der Waals surface area contributed by atoms with E-state index in [2.05, 4.69) is 35.6 Å². The molecule has 0 amide bonds. The number of likely N-dealkylation sites (N-methyl/N-ethyl adjacent to an activating group) is 1. The summed E-state index contributed by atoms with van der Waals surface area (Å²) in [6, 6.07) is 0.700. The van der Waals surface area contributed by atoms with Crippen molar-refractivity contribution in [1.29, 1.82) is 0 Å². The van der Waals surface area contributed by atoms with Gasteiger partial charge in [0.2, 0.25) is 0 Å². The summed E-state index contributed by atoms with van der Waals surface area (Å²) in [5.74, 6) is 2.41. The Morgan fingerprint density at radius 2 is 1.40 bits per heavy atom. The molecular weight excluding hydrogens is 502 g/mol. The Bertz CT molecular complexity index is 946. The van der Waals surface area contributed by atoms with Crippen molar-refractivity contribution in [2.45, 2.75) is 116 Å². The van der Waals surface area contributed by atoms with E-state index in [0.29, 0.717) is 35.8 Å². The van der Waals surface area contributed by atoms with Gasteiger partial charge >= 0.3 is 11.9 Å². The second-order valence-electron chi connectivity index (χ2n) is 15.1. The number of esters is 2. The van der Waals surface area contributed by atoms with Crippen LogP contribution in [-0.2, 0) is 19.1 Å². The predicted molar refractivity (Wildman–Crippen MR) is 156 cm³/mol. The first-order valence-electron chi connectivity index (χ1n) is 16.6. The number of piperidine rings is 1. The van der Waals surface area contributed by atoms with Crippen molar-refractivity contribution in [3.63, 3.8) is 0 Å². The summed E-state index contributed by atoms with van der Waals surface area (Å²) in [5.41, 5.74) is 0.346. The molecule has 40 heavy (non-hydrogen) atoms. The molecule has 0 radical (unpaired) electrons. The Labute approximate surface area is 242 Å². The van der Waals surface area contributed by atoms with Crippen LogP contribution in [0.1, 0.15) is 91.9 Å². The molecule has 2 heterocycles. The van der Waals surface area contributed by atoms with Gasteiger partial charge in [0, 0.05) is 57.5 Å². The Balaban J connectivity index is 1.27. The fourth-order valence-electron chi connectivity index (χ4n) is 11.1. The summed E-state index contributed by atoms with van der Waals surface area (Å²) < 4.78 is 12.4. The largest absolute Gasteiger partial charge is 0.461 e. The number of likely N-dealkylation sites (tertiary alicyclic amines) is 1. The predicted octanol–water partition coefficient (Wildman–Crippen LogP) is 4.58. The van der Waals surface area contributed by atoms with Gasteiger partial charge in [0.1, 0.15) is 12.2 Å². The average Bonchev–Trinajstić information content (AvgIpc) is 3.21. The Morgan fingerprint density at radius 1 is 0.725 bits per heavy atom. The van der Waals surface area contributed by atoms with Crippen LogP contribution < -0.4 is 0 Å². The minimum absolute atomic E-state index is 0.0210. The van der Waals surface area contributed by atoms with Gasteiger partial charge in [-0.2, -0.15) is 0 Å². The summed E-state index contributed by atoms with van der Waals surface area (Å²) in [7, 11) is 2.21. The topological polar surface area (TPSA) is 62.3 Å². The van der Waals surface area contributed by atoms with Crippen molar-refractivity contribution in [1.82, 2.24) is 14.7 Å². The van der Waals surface area contributed by atoms with Crippen molar-refractivity contribution in [3.8, 4) is 0 Å². The summed E-state index contributed by atoms with van der Waals surface area (Å²) in [6.45, 7) is 14.9. The SMILES string of the molecule is CC(=O)O[C@H]1C[C@@H]2CC[C@@H]3[C@H](CC[C@@]4(C)[C@H]3C[C@H](N3CCCCC3)[C@@H]4OC(C)=O)[C@@]2(C)C[C@H]1N1CCN(C)CC1. The molecule has 0 unspecified atom stereocenters. The maximum Gasteiger partial charge on any atom is 0.302 e. The Hall–Kier alpha value is -1.18. The number of carbonyl (C=O) groups excluding carboxylic acids is 2. The molecule has 0 aromatic heterocycles. The number of ether oxygens (including phenoxy) is 2. The average molecular weight is 558 g/mol. The van der Waals surface area contributed by atoms with E-state index in [1.54, 1.807) is 13.8 Å². The molecule has 2 saturated heterocycles. The van der Waals surface area contributed by atoms with E-state index in [4.69, 9.17) is 9.47 Å². The summed E-state index contributed by atoms with van der Waals surface area (Å²) in [4.78, 5) is 32.4. The zero-order chi connectivity index (χ0) is 28.2. The number of hydrogen-bond acceptors (Lipinski definition) is 7. The highest BCUT2D eigenvalue weighted by Crippen LogP contribution is 2.67. The molecule has 6 fully saturated rings. The van der Waals surface area contributed by atoms with Gasteiger partial charge in [0.15, 0.2) is 0 Å². The highest BCUT2D eigenvalue weighted by Gasteiger charge is 2.65. The van der Waals surface area contributed by atoms with E-state index < -0.39 is 0 Å². The van der Waals surface area contributed by atoms with Crippen molar-refractivity contribution >= 4 is 11.9 Å². The molecule has 2 aliphatic heterocycles. The third-order valence-corrected chi connectivity index (χ3v) is 13.1. The van der Waals surface area contributed by atoms with Gasteiger partial charge in [-0.25, -0.2) is 0 Å². The first-order chi connectivity index (χ1) is 19.1. The van der Waals surface area contributed by atoms with Crippen molar-refractivity contribution in [2.24, 2.45) is 34.5 Å². The van der Waals surface area contributed by atoms with Crippen LogP contribution in [0.2, 0.25) is 0 Å². The monoisotopic (exact) mass is 557 g/mol. The molecule has 7 nitrogen and oxygen atoms in total. The molecule has 0 aromatic carbocycles. The number of rotatable bonds is 4. The molecule has 0 N–H and O–H groups in total. The smallest absolute Gasteiger partial charge is 0.302 e. The minimum Gasteiger partial charge on any atom is -0.461 e. The first-order valence-corrected chi connectivity index (χ1v) is 16.6. The Morgan fingerprint density at radius 3 is 2.08 bits per heavy atom. The normalized spacial score (nSPS) is 46.6. The molecule has 226 valence electrons. The van der Waals surface area contributed by atoms with E-state index in [0.717, 1.165) is 58.5 Å². The first kappa shape index (κ1) is 28.9. The summed E-state index contributed by atoms with van der Waals surface area (Å²) in [5, 5.41) is 0. The number of hydrogen-bond donors (Lipinski definition) is 0. The van der Waals surface area contributed by atoms with Crippen LogP contribution in [-0.4, -0.2) is 97.2 Å². The van der Waals surface area contributed by atoms with Crippen molar-refractivity contribution in [2.75, 3.05) is 46.3 Å². The van der Waals surface area contributed by atoms with Gasteiger partial charge in [0.25, 0.3) is 0 Å². The van der Waals surface area contributed by atoms with Gasteiger partial charge in [-0.1, -0.05) is 20.3 Å². The molecule has 4 aliphatic carbocycles. The van der Waals surface area contributed by atoms with E-state index in [-0.39, 0.29) is 35.0 Å². The third kappa shape index (κ3) is 5.04. The van der Waals surface area contributed by atoms with E-state index in [9.17, 15) is 9.59 Å². The summed E-state index contributed by atoms with van der Waals surface area (Å²) >= 11 is 0. The molecule has 4 saturated carbocycles. The molecule has 0 spiro atoms. The van der Waals surface area contributed by atoms with E-state index in [1.807, 2.05) is 0 Å². The lowest BCUT2D eigenvalue weighted by atomic mass is 9.44. The molecule has 6 rings (SSSR count). The van der Waals surface area contributed by atoms with Gasteiger partial charge in [-0.15, -0.1) is 0 Å². The fourth-order valence-corrected chi connectivity index (χ4v) is 11.1. The van der Waals surface area contributed by atoms with E-state index in [1.165, 1.54) is 44.9 Å². The van der Waals surface area contributed by atoms with Crippen LogP contribution >= 0.6 is 0 Å². The highest BCUT2D eigenvalue weighted by molar-refractivity contribution is 5.66. The van der Waals surface area contributed by atoms with Crippen LogP contribution in [0.5, 0.6) is 0 Å². The van der Waals surface area contributed by atoms with Crippen LogP contribution in [0.25, 0.3) is 0 Å². The van der Waals surface area contributed by atoms with Gasteiger partial charge in [0.05, 0.1) is 0 Å². The molecule has 6 aliphatic rings. The second-order valence-corrected chi connectivity index (χ2v) is 15.1. The third-order valence-electron chi connectivity index (χ3n) is 13.1.